The van der Waals surface area contributed by atoms with Crippen molar-refractivity contribution in [1.82, 2.24) is 35.6 Å². The number of carbonyl (C=O) groups excluding carboxylic acids is 1. The highest BCUT2D eigenvalue weighted by molar-refractivity contribution is 5.93. The number of carbonyl (C=O) groups is 1. The van der Waals surface area contributed by atoms with Crippen molar-refractivity contribution >= 4 is 11.4 Å². The second-order valence-electron chi connectivity index (χ2n) is 5.20. The number of nitrogens with zero attached hydrogens (tertiary/aromatic N) is 5. The largest absolute Gasteiger partial charge is 0.347 e. The average Bonchev–Trinajstić information content (AvgIpc) is 3.30. The minimum Gasteiger partial charge on any atom is -0.347 e. The Kier molecular flexibility index (Phi) is 3.47. The number of tetrazole rings is 1. The standard InChI is InChI=1S/C16H13N7O/c24-16(14-6-2-5-13-7-8-18-23(13)14)17-10-11-3-1-4-12(9-11)15-19-21-22-20-15/h1-9H,10H2,(H,17,24)(H,19,20,21,22). The van der Waals surface area contributed by atoms with Gasteiger partial charge in [0.25, 0.3) is 5.91 Å². The summed E-state index contributed by atoms with van der Waals surface area (Å²) in [4.78, 5) is 12.4. The van der Waals surface area contributed by atoms with Crippen LogP contribution in [0.2, 0.25) is 0 Å². The van der Waals surface area contributed by atoms with Gasteiger partial charge >= 0.3 is 0 Å². The van der Waals surface area contributed by atoms with Crippen LogP contribution in [0.25, 0.3) is 16.9 Å². The second-order valence-corrected chi connectivity index (χ2v) is 5.20. The molecule has 0 bridgehead atoms. The Hall–Kier alpha value is -3.55. The Bertz CT molecular complexity index is 991. The van der Waals surface area contributed by atoms with Crippen molar-refractivity contribution in [3.8, 4) is 11.4 Å². The van der Waals surface area contributed by atoms with Gasteiger partial charge in [-0.05, 0) is 35.0 Å². The van der Waals surface area contributed by atoms with Crippen LogP contribution in [-0.2, 0) is 6.54 Å². The van der Waals surface area contributed by atoms with Gasteiger partial charge in [-0.3, -0.25) is 4.79 Å². The zero-order valence-corrected chi connectivity index (χ0v) is 12.5. The molecule has 3 aromatic heterocycles. The number of rotatable bonds is 4. The van der Waals surface area contributed by atoms with Gasteiger partial charge in [-0.1, -0.05) is 24.3 Å². The van der Waals surface area contributed by atoms with E-state index in [1.165, 1.54) is 0 Å². The predicted molar refractivity (Wildman–Crippen MR) is 86.0 cm³/mol. The molecule has 3 heterocycles. The van der Waals surface area contributed by atoms with Crippen LogP contribution in [0.3, 0.4) is 0 Å². The van der Waals surface area contributed by atoms with E-state index in [9.17, 15) is 4.79 Å². The molecule has 0 aliphatic rings. The maximum absolute atomic E-state index is 12.4. The number of aromatic nitrogens is 6. The topological polar surface area (TPSA) is 101 Å². The van der Waals surface area contributed by atoms with Gasteiger partial charge in [0.05, 0.1) is 11.7 Å². The summed E-state index contributed by atoms with van der Waals surface area (Å²) >= 11 is 0. The van der Waals surface area contributed by atoms with E-state index in [0.29, 0.717) is 18.1 Å². The summed E-state index contributed by atoms with van der Waals surface area (Å²) in [5.41, 5.74) is 3.15. The smallest absolute Gasteiger partial charge is 0.270 e. The molecule has 4 rings (SSSR count). The number of fused-ring (bicyclic) bond motifs is 1. The van der Waals surface area contributed by atoms with Crippen LogP contribution < -0.4 is 5.32 Å². The SMILES string of the molecule is O=C(NCc1cccc(-c2nn[nH]n2)c1)c1cccc2ccnn12. The first-order valence-corrected chi connectivity index (χ1v) is 7.35. The Morgan fingerprint density at radius 3 is 2.96 bits per heavy atom. The number of H-pyrrole nitrogens is 1. The van der Waals surface area contributed by atoms with Crippen LogP contribution in [0, 0.1) is 0 Å². The van der Waals surface area contributed by atoms with Crippen LogP contribution in [0.15, 0.2) is 54.7 Å². The lowest BCUT2D eigenvalue weighted by Gasteiger charge is -2.07. The molecule has 1 aromatic carbocycles. The molecule has 0 fully saturated rings. The van der Waals surface area contributed by atoms with Crippen molar-refractivity contribution in [3.05, 3.63) is 66.0 Å². The van der Waals surface area contributed by atoms with Gasteiger partial charge in [0.1, 0.15) is 5.69 Å². The van der Waals surface area contributed by atoms with Crippen LogP contribution in [0.1, 0.15) is 16.1 Å². The summed E-state index contributed by atoms with van der Waals surface area (Å²) in [5, 5.41) is 21.0. The molecule has 0 atom stereocenters. The first-order chi connectivity index (χ1) is 11.8. The Labute approximate surface area is 136 Å². The summed E-state index contributed by atoms with van der Waals surface area (Å²) in [7, 11) is 0. The van der Waals surface area contributed by atoms with Crippen LogP contribution in [-0.4, -0.2) is 36.1 Å². The number of aromatic amines is 1. The van der Waals surface area contributed by atoms with E-state index < -0.39 is 0 Å². The molecule has 8 heteroatoms. The lowest BCUT2D eigenvalue weighted by molar-refractivity contribution is 0.0943. The molecular weight excluding hydrogens is 306 g/mol. The zero-order valence-electron chi connectivity index (χ0n) is 12.5. The van der Waals surface area contributed by atoms with Gasteiger partial charge in [0.2, 0.25) is 5.82 Å². The lowest BCUT2D eigenvalue weighted by atomic mass is 10.1. The fraction of sp³-hybridized carbons (Fsp3) is 0.0625. The molecule has 0 unspecified atom stereocenters. The Balaban J connectivity index is 1.52. The summed E-state index contributed by atoms with van der Waals surface area (Å²) in [6.07, 6.45) is 1.67. The second kappa shape index (κ2) is 5.92. The maximum atomic E-state index is 12.4. The maximum Gasteiger partial charge on any atom is 0.270 e. The number of hydrogen-bond donors (Lipinski definition) is 2. The molecule has 0 saturated carbocycles. The Morgan fingerprint density at radius 2 is 2.08 bits per heavy atom. The molecule has 0 aliphatic carbocycles. The molecule has 0 radical (unpaired) electrons. The van der Waals surface area contributed by atoms with Crippen molar-refractivity contribution in [1.29, 1.82) is 0 Å². The highest BCUT2D eigenvalue weighted by Crippen LogP contribution is 2.15. The molecule has 0 saturated heterocycles. The highest BCUT2D eigenvalue weighted by Gasteiger charge is 2.10. The van der Waals surface area contributed by atoms with Gasteiger partial charge in [0.15, 0.2) is 0 Å². The zero-order chi connectivity index (χ0) is 16.4. The van der Waals surface area contributed by atoms with Crippen LogP contribution in [0.4, 0.5) is 0 Å². The third-order valence-electron chi connectivity index (χ3n) is 3.64. The van der Waals surface area contributed by atoms with Crippen molar-refractivity contribution in [2.24, 2.45) is 0 Å². The number of benzene rings is 1. The van der Waals surface area contributed by atoms with Crippen molar-refractivity contribution < 1.29 is 4.79 Å². The molecule has 2 N–H and O–H groups in total. The fourth-order valence-electron chi connectivity index (χ4n) is 2.50. The van der Waals surface area contributed by atoms with Crippen molar-refractivity contribution in [2.75, 3.05) is 0 Å². The number of pyridine rings is 1. The monoisotopic (exact) mass is 319 g/mol. The van der Waals surface area contributed by atoms with E-state index in [2.05, 4.69) is 31.0 Å². The van der Waals surface area contributed by atoms with Gasteiger partial charge in [-0.25, -0.2) is 4.52 Å². The number of nitrogens with one attached hydrogen (secondary N) is 2. The first kappa shape index (κ1) is 14.1. The molecule has 4 aromatic rings. The fourth-order valence-corrected chi connectivity index (χ4v) is 2.50. The third-order valence-corrected chi connectivity index (χ3v) is 3.64. The summed E-state index contributed by atoms with van der Waals surface area (Å²) < 4.78 is 1.62. The van der Waals surface area contributed by atoms with Crippen molar-refractivity contribution in [3.63, 3.8) is 0 Å². The van der Waals surface area contributed by atoms with E-state index in [0.717, 1.165) is 16.6 Å². The predicted octanol–water partition coefficient (Wildman–Crippen LogP) is 1.44. The minimum atomic E-state index is -0.186. The highest BCUT2D eigenvalue weighted by atomic mass is 16.1. The summed E-state index contributed by atoms with van der Waals surface area (Å²) in [6, 6.07) is 15.0. The van der Waals surface area contributed by atoms with Crippen LogP contribution in [0.5, 0.6) is 0 Å². The van der Waals surface area contributed by atoms with E-state index in [1.54, 1.807) is 16.8 Å². The van der Waals surface area contributed by atoms with Crippen LogP contribution >= 0.6 is 0 Å². The molecule has 118 valence electrons. The van der Waals surface area contributed by atoms with E-state index in [1.807, 2.05) is 42.5 Å². The molecule has 8 nitrogen and oxygen atoms in total. The van der Waals surface area contributed by atoms with Gasteiger partial charge in [-0.2, -0.15) is 10.3 Å². The first-order valence-electron chi connectivity index (χ1n) is 7.35. The molecule has 1 amide bonds. The number of amides is 1. The Morgan fingerprint density at radius 1 is 1.17 bits per heavy atom. The van der Waals surface area contributed by atoms with Crippen molar-refractivity contribution in [2.45, 2.75) is 6.54 Å². The van der Waals surface area contributed by atoms with E-state index >= 15 is 0 Å². The average molecular weight is 319 g/mol. The van der Waals surface area contributed by atoms with E-state index in [-0.39, 0.29) is 5.91 Å². The number of hydrogen-bond acceptors (Lipinski definition) is 5. The van der Waals surface area contributed by atoms with Gasteiger partial charge in [0, 0.05) is 12.1 Å². The summed E-state index contributed by atoms with van der Waals surface area (Å²) in [6.45, 7) is 0.391. The minimum absolute atomic E-state index is 0.186. The van der Waals surface area contributed by atoms with Gasteiger partial charge in [-0.15, -0.1) is 10.2 Å². The normalized spacial score (nSPS) is 10.8. The molecular formula is C16H13N7O. The molecule has 24 heavy (non-hydrogen) atoms. The lowest BCUT2D eigenvalue weighted by Crippen LogP contribution is -2.25. The summed E-state index contributed by atoms with van der Waals surface area (Å²) in [5.74, 6) is 0.332. The molecule has 0 aliphatic heterocycles. The quantitative estimate of drug-likeness (QED) is 0.593. The van der Waals surface area contributed by atoms with Gasteiger partial charge < -0.3 is 5.32 Å². The van der Waals surface area contributed by atoms with E-state index in [4.69, 9.17) is 0 Å². The molecule has 0 spiro atoms. The third kappa shape index (κ3) is 2.60.